The van der Waals surface area contributed by atoms with Crippen LogP contribution in [0.1, 0.15) is 38.8 Å². The van der Waals surface area contributed by atoms with Gasteiger partial charge in [0.1, 0.15) is 11.5 Å². The number of hydrogen-bond donors (Lipinski definition) is 1. The quantitative estimate of drug-likeness (QED) is 0.525. The Morgan fingerprint density at radius 2 is 1.77 bits per heavy atom. The number of carbonyl (C=O) groups excluding carboxylic acids is 2. The maximum Gasteiger partial charge on any atom is 0.387 e. The molecule has 0 heterocycles. The molecule has 5 nitrogen and oxygen atoms in total. The first-order valence-corrected chi connectivity index (χ1v) is 7.76. The van der Waals surface area contributed by atoms with Crippen molar-refractivity contribution in [3.63, 3.8) is 0 Å². The van der Waals surface area contributed by atoms with Crippen molar-refractivity contribution in [2.24, 2.45) is 5.41 Å². The number of rotatable bonds is 9. The molecule has 1 rings (SSSR count). The van der Waals surface area contributed by atoms with E-state index in [2.05, 4.69) is 14.8 Å². The number of halogens is 4. The first-order valence-electron chi connectivity index (χ1n) is 7.76. The van der Waals surface area contributed by atoms with Crippen LogP contribution in [0, 0.1) is 5.41 Å². The van der Waals surface area contributed by atoms with Crippen LogP contribution in [-0.2, 0) is 14.3 Å². The van der Waals surface area contributed by atoms with E-state index in [0.29, 0.717) is 0 Å². The predicted molar refractivity (Wildman–Crippen MR) is 85.0 cm³/mol. The molecule has 9 heteroatoms. The Labute approximate surface area is 148 Å². The fourth-order valence-corrected chi connectivity index (χ4v) is 1.95. The number of hydrogen-bond acceptors (Lipinski definition) is 4. The molecule has 0 aromatic heterocycles. The first kappa shape index (κ1) is 21.9. The summed E-state index contributed by atoms with van der Waals surface area (Å²) in [5.74, 6) is -1.22. The van der Waals surface area contributed by atoms with Crippen LogP contribution in [0.2, 0.25) is 0 Å². The summed E-state index contributed by atoms with van der Waals surface area (Å²) in [4.78, 5) is 24.0. The Hall–Kier alpha value is -2.16. The zero-order valence-corrected chi connectivity index (χ0v) is 14.6. The van der Waals surface area contributed by atoms with Crippen molar-refractivity contribution in [1.29, 1.82) is 0 Å². The van der Waals surface area contributed by atoms with E-state index < -0.39 is 43.6 Å². The first-order chi connectivity index (χ1) is 12.0. The van der Waals surface area contributed by atoms with E-state index >= 15 is 0 Å². The van der Waals surface area contributed by atoms with Crippen molar-refractivity contribution in [2.75, 3.05) is 6.61 Å². The van der Waals surface area contributed by atoms with Gasteiger partial charge in [-0.1, -0.05) is 32.9 Å². The number of ether oxygens (including phenoxy) is 2. The SMILES string of the molecule is CC(C)(C)C(=O)CC(=O)N[C@@H](COC(F)F)c1cccc(OC(F)F)c1. The molecule has 0 spiro atoms. The van der Waals surface area contributed by atoms with E-state index in [-0.39, 0.29) is 17.1 Å². The van der Waals surface area contributed by atoms with Gasteiger partial charge in [0.05, 0.1) is 19.1 Å². The van der Waals surface area contributed by atoms with Crippen molar-refractivity contribution in [2.45, 2.75) is 46.5 Å². The molecule has 0 aliphatic heterocycles. The fraction of sp³-hybridized carbons (Fsp3) is 0.529. The average Bonchev–Trinajstić information content (AvgIpc) is 2.49. The van der Waals surface area contributed by atoms with Crippen LogP contribution in [0.4, 0.5) is 17.6 Å². The second-order valence-corrected chi connectivity index (χ2v) is 6.52. The maximum absolute atomic E-state index is 12.4. The molecule has 0 fully saturated rings. The summed E-state index contributed by atoms with van der Waals surface area (Å²) in [6.45, 7) is -1.81. The Bertz CT molecular complexity index is 617. The monoisotopic (exact) mass is 379 g/mol. The largest absolute Gasteiger partial charge is 0.435 e. The normalized spacial score (nSPS) is 13.0. The van der Waals surface area contributed by atoms with Crippen molar-refractivity contribution < 1.29 is 36.6 Å². The lowest BCUT2D eigenvalue weighted by atomic mass is 9.89. The predicted octanol–water partition coefficient (Wildman–Crippen LogP) is 3.69. The van der Waals surface area contributed by atoms with E-state index in [1.54, 1.807) is 20.8 Å². The summed E-state index contributed by atoms with van der Waals surface area (Å²) in [7, 11) is 0. The number of amides is 1. The van der Waals surface area contributed by atoms with Crippen LogP contribution in [0.25, 0.3) is 0 Å². The highest BCUT2D eigenvalue weighted by molar-refractivity contribution is 6.00. The highest BCUT2D eigenvalue weighted by Crippen LogP contribution is 2.23. The number of carbonyl (C=O) groups is 2. The molecule has 1 atom stereocenters. The lowest BCUT2D eigenvalue weighted by molar-refractivity contribution is -0.141. The molecule has 1 aromatic carbocycles. The second-order valence-electron chi connectivity index (χ2n) is 6.52. The van der Waals surface area contributed by atoms with Crippen molar-refractivity contribution in [3.05, 3.63) is 29.8 Å². The number of nitrogens with one attached hydrogen (secondary N) is 1. The maximum atomic E-state index is 12.4. The molecule has 0 saturated carbocycles. The van der Waals surface area contributed by atoms with E-state index in [0.717, 1.165) is 0 Å². The molecule has 26 heavy (non-hydrogen) atoms. The third kappa shape index (κ3) is 7.81. The van der Waals surface area contributed by atoms with Crippen molar-refractivity contribution in [3.8, 4) is 5.75 Å². The number of alkyl halides is 4. The molecule has 1 amide bonds. The topological polar surface area (TPSA) is 64.6 Å². The molecular formula is C17H21F4NO4. The summed E-state index contributed by atoms with van der Waals surface area (Å²) in [6.07, 6.45) is -0.443. The van der Waals surface area contributed by atoms with E-state index in [4.69, 9.17) is 0 Å². The summed E-state index contributed by atoms with van der Waals surface area (Å²) in [5.41, 5.74) is -0.516. The van der Waals surface area contributed by atoms with Gasteiger partial charge in [-0.3, -0.25) is 9.59 Å². The summed E-state index contributed by atoms with van der Waals surface area (Å²) < 4.78 is 57.8. The van der Waals surface area contributed by atoms with Gasteiger partial charge in [-0.05, 0) is 17.7 Å². The highest BCUT2D eigenvalue weighted by atomic mass is 19.3. The van der Waals surface area contributed by atoms with Crippen LogP contribution in [-0.4, -0.2) is 31.5 Å². The molecule has 146 valence electrons. The standard InChI is InChI=1S/C17H21F4NO4/c1-17(2,3)13(23)8-14(24)22-12(9-25-15(18)19)10-5-4-6-11(7-10)26-16(20)21/h4-7,12,15-16H,8-9H2,1-3H3,(H,22,24)/t12-/m0/s1. The molecule has 0 aliphatic rings. The molecule has 0 saturated heterocycles. The van der Waals surface area contributed by atoms with Gasteiger partial charge in [0.15, 0.2) is 0 Å². The van der Waals surface area contributed by atoms with Gasteiger partial charge in [0, 0.05) is 5.41 Å². The van der Waals surface area contributed by atoms with Crippen LogP contribution < -0.4 is 10.1 Å². The van der Waals surface area contributed by atoms with Crippen LogP contribution >= 0.6 is 0 Å². The van der Waals surface area contributed by atoms with Gasteiger partial charge in [-0.15, -0.1) is 0 Å². The van der Waals surface area contributed by atoms with E-state index in [1.165, 1.54) is 24.3 Å². The molecule has 1 N–H and O–H groups in total. The fourth-order valence-electron chi connectivity index (χ4n) is 1.95. The molecule has 0 radical (unpaired) electrons. The van der Waals surface area contributed by atoms with Crippen LogP contribution in [0.15, 0.2) is 24.3 Å². The van der Waals surface area contributed by atoms with Crippen molar-refractivity contribution in [1.82, 2.24) is 5.32 Å². The second kappa shape index (κ2) is 9.51. The average molecular weight is 379 g/mol. The van der Waals surface area contributed by atoms with Gasteiger partial charge in [-0.25, -0.2) is 0 Å². The van der Waals surface area contributed by atoms with Gasteiger partial charge < -0.3 is 14.8 Å². The lowest BCUT2D eigenvalue weighted by Gasteiger charge is -2.21. The molecule has 0 unspecified atom stereocenters. The minimum absolute atomic E-state index is 0.195. The van der Waals surface area contributed by atoms with Crippen LogP contribution in [0.3, 0.4) is 0 Å². The Morgan fingerprint density at radius 1 is 1.12 bits per heavy atom. The minimum Gasteiger partial charge on any atom is -0.435 e. The van der Waals surface area contributed by atoms with Gasteiger partial charge in [0.25, 0.3) is 0 Å². The number of benzene rings is 1. The Morgan fingerprint density at radius 3 is 2.31 bits per heavy atom. The zero-order chi connectivity index (χ0) is 19.9. The molecular weight excluding hydrogens is 358 g/mol. The molecule has 0 aliphatic carbocycles. The Balaban J connectivity index is 2.91. The van der Waals surface area contributed by atoms with Gasteiger partial charge in [0.2, 0.25) is 5.91 Å². The third-order valence-electron chi connectivity index (χ3n) is 3.37. The highest BCUT2D eigenvalue weighted by Gasteiger charge is 2.25. The van der Waals surface area contributed by atoms with Crippen molar-refractivity contribution >= 4 is 11.7 Å². The summed E-state index contributed by atoms with van der Waals surface area (Å²) in [5, 5.41) is 2.41. The van der Waals surface area contributed by atoms with Gasteiger partial charge >= 0.3 is 13.2 Å². The number of Topliss-reactive ketones (excluding diaryl/α,β-unsaturated/α-hetero) is 1. The minimum atomic E-state index is -3.08. The summed E-state index contributed by atoms with van der Waals surface area (Å²) >= 11 is 0. The molecule has 0 bridgehead atoms. The summed E-state index contributed by atoms with van der Waals surface area (Å²) in [6, 6.07) is 4.17. The number of ketones is 1. The molecule has 1 aromatic rings. The third-order valence-corrected chi connectivity index (χ3v) is 3.37. The Kier molecular flexibility index (Phi) is 8.01. The smallest absolute Gasteiger partial charge is 0.387 e. The lowest BCUT2D eigenvalue weighted by Crippen LogP contribution is -2.35. The van der Waals surface area contributed by atoms with Gasteiger partial charge in [-0.2, -0.15) is 17.6 Å². The van der Waals surface area contributed by atoms with Crippen LogP contribution in [0.5, 0.6) is 5.75 Å². The zero-order valence-electron chi connectivity index (χ0n) is 14.6. The van der Waals surface area contributed by atoms with E-state index in [9.17, 15) is 27.2 Å². The van der Waals surface area contributed by atoms with E-state index in [1.807, 2.05) is 0 Å².